The molecule has 0 aliphatic rings. The molecule has 0 atom stereocenters. The monoisotopic (exact) mass is 268 g/mol. The molecule has 0 spiro atoms. The summed E-state index contributed by atoms with van der Waals surface area (Å²) >= 11 is 1.87. The van der Waals surface area contributed by atoms with E-state index in [0.717, 1.165) is 43.1 Å². The summed E-state index contributed by atoms with van der Waals surface area (Å²) in [6, 6.07) is 9.82. The average Bonchev–Trinajstić information content (AvgIpc) is 2.37. The lowest BCUT2D eigenvalue weighted by molar-refractivity contribution is -0.137. The number of aliphatic carboxylic acids is 1. The molecule has 0 bridgehead atoms. The van der Waals surface area contributed by atoms with Gasteiger partial charge in [-0.2, -0.15) is 11.8 Å². The number of para-hydroxylation sites is 1. The summed E-state index contributed by atoms with van der Waals surface area (Å²) in [5, 5.41) is 8.47. The SMILES string of the molecule is O=C(O)CCCCSCCCOc1ccccc1. The van der Waals surface area contributed by atoms with E-state index in [1.807, 2.05) is 42.1 Å². The van der Waals surface area contributed by atoms with E-state index in [0.29, 0.717) is 0 Å². The van der Waals surface area contributed by atoms with Gasteiger partial charge in [-0.05, 0) is 42.9 Å². The van der Waals surface area contributed by atoms with Crippen molar-refractivity contribution in [3.63, 3.8) is 0 Å². The van der Waals surface area contributed by atoms with Crippen LogP contribution in [0, 0.1) is 0 Å². The highest BCUT2D eigenvalue weighted by Crippen LogP contribution is 2.11. The van der Waals surface area contributed by atoms with Gasteiger partial charge in [-0.3, -0.25) is 4.79 Å². The number of carboxylic acids is 1. The third-order valence-electron chi connectivity index (χ3n) is 2.37. The Balaban J connectivity index is 1.86. The maximum Gasteiger partial charge on any atom is 0.303 e. The van der Waals surface area contributed by atoms with E-state index in [9.17, 15) is 4.79 Å². The Labute approximate surface area is 113 Å². The molecule has 3 nitrogen and oxygen atoms in total. The minimum atomic E-state index is -0.698. The number of hydrogen-bond donors (Lipinski definition) is 1. The Morgan fingerprint density at radius 1 is 1.11 bits per heavy atom. The van der Waals surface area contributed by atoms with Gasteiger partial charge in [0.2, 0.25) is 0 Å². The fourth-order valence-corrected chi connectivity index (χ4v) is 2.38. The van der Waals surface area contributed by atoms with E-state index in [1.165, 1.54) is 0 Å². The molecule has 100 valence electrons. The molecule has 4 heteroatoms. The van der Waals surface area contributed by atoms with Gasteiger partial charge < -0.3 is 9.84 Å². The van der Waals surface area contributed by atoms with E-state index < -0.39 is 5.97 Å². The topological polar surface area (TPSA) is 46.5 Å². The van der Waals surface area contributed by atoms with E-state index in [2.05, 4.69) is 0 Å². The van der Waals surface area contributed by atoms with Crippen LogP contribution in [-0.4, -0.2) is 29.2 Å². The average molecular weight is 268 g/mol. The quantitative estimate of drug-likeness (QED) is 0.660. The Kier molecular flexibility index (Phi) is 8.13. The Morgan fingerprint density at radius 3 is 2.56 bits per heavy atom. The van der Waals surface area contributed by atoms with E-state index >= 15 is 0 Å². The first-order chi connectivity index (χ1) is 8.79. The number of benzene rings is 1. The molecule has 0 unspecified atom stereocenters. The standard InChI is InChI=1S/C14H20O3S/c15-14(16)9-4-5-11-18-12-6-10-17-13-7-2-1-3-8-13/h1-3,7-8H,4-6,9-12H2,(H,15,16). The maximum absolute atomic E-state index is 10.3. The molecule has 1 N–H and O–H groups in total. The highest BCUT2D eigenvalue weighted by atomic mass is 32.2. The van der Waals surface area contributed by atoms with E-state index in [-0.39, 0.29) is 6.42 Å². The first-order valence-electron chi connectivity index (χ1n) is 6.26. The summed E-state index contributed by atoms with van der Waals surface area (Å²) in [5.41, 5.74) is 0. The third-order valence-corrected chi connectivity index (χ3v) is 3.53. The zero-order chi connectivity index (χ0) is 13.1. The van der Waals surface area contributed by atoms with E-state index in [4.69, 9.17) is 9.84 Å². The summed E-state index contributed by atoms with van der Waals surface area (Å²) < 4.78 is 5.57. The lowest BCUT2D eigenvalue weighted by atomic mass is 10.3. The summed E-state index contributed by atoms with van der Waals surface area (Å²) in [6.45, 7) is 0.742. The predicted molar refractivity (Wildman–Crippen MR) is 75.4 cm³/mol. The van der Waals surface area contributed by atoms with Crippen molar-refractivity contribution >= 4 is 17.7 Å². The van der Waals surface area contributed by atoms with Crippen LogP contribution in [-0.2, 0) is 4.79 Å². The normalized spacial score (nSPS) is 10.2. The van der Waals surface area contributed by atoms with Crippen molar-refractivity contribution < 1.29 is 14.6 Å². The second kappa shape index (κ2) is 9.83. The lowest BCUT2D eigenvalue weighted by Gasteiger charge is -2.05. The number of hydrogen-bond acceptors (Lipinski definition) is 3. The molecular formula is C14H20O3S. The Bertz CT molecular complexity index is 327. The van der Waals surface area contributed by atoms with Crippen LogP contribution in [0.3, 0.4) is 0 Å². The van der Waals surface area contributed by atoms with Crippen LogP contribution in [0.4, 0.5) is 0 Å². The van der Waals surface area contributed by atoms with Crippen LogP contribution < -0.4 is 4.74 Å². The van der Waals surface area contributed by atoms with Crippen LogP contribution in [0.15, 0.2) is 30.3 Å². The molecule has 0 saturated carbocycles. The molecule has 0 aromatic heterocycles. The molecule has 0 saturated heterocycles. The predicted octanol–water partition coefficient (Wildman–Crippen LogP) is 3.44. The summed E-state index contributed by atoms with van der Waals surface area (Å²) in [4.78, 5) is 10.3. The highest BCUT2D eigenvalue weighted by molar-refractivity contribution is 7.99. The number of thioether (sulfide) groups is 1. The van der Waals surface area contributed by atoms with Crippen molar-refractivity contribution in [2.24, 2.45) is 0 Å². The third kappa shape index (κ3) is 8.01. The van der Waals surface area contributed by atoms with Gasteiger partial charge in [0.05, 0.1) is 6.61 Å². The molecule has 1 aromatic carbocycles. The lowest BCUT2D eigenvalue weighted by Crippen LogP contribution is -1.99. The first kappa shape index (κ1) is 14.9. The van der Waals surface area contributed by atoms with Gasteiger partial charge in [-0.1, -0.05) is 18.2 Å². The fourth-order valence-electron chi connectivity index (χ4n) is 1.45. The van der Waals surface area contributed by atoms with Crippen molar-refractivity contribution in [1.82, 2.24) is 0 Å². The molecule has 0 heterocycles. The number of carboxylic acid groups (broad SMARTS) is 1. The molecule has 0 fully saturated rings. The molecule has 1 aromatic rings. The van der Waals surface area contributed by atoms with Crippen LogP contribution in [0.1, 0.15) is 25.7 Å². The van der Waals surface area contributed by atoms with Crippen LogP contribution in [0.5, 0.6) is 5.75 Å². The first-order valence-corrected chi connectivity index (χ1v) is 7.42. The Hall–Kier alpha value is -1.16. The highest BCUT2D eigenvalue weighted by Gasteiger charge is 1.97. The van der Waals surface area contributed by atoms with Crippen LogP contribution in [0.2, 0.25) is 0 Å². The van der Waals surface area contributed by atoms with Gasteiger partial charge in [0.25, 0.3) is 0 Å². The second-order valence-electron chi connectivity index (χ2n) is 3.98. The smallest absolute Gasteiger partial charge is 0.303 e. The number of carbonyl (C=O) groups is 1. The van der Waals surface area contributed by atoms with Gasteiger partial charge in [-0.25, -0.2) is 0 Å². The van der Waals surface area contributed by atoms with Crippen molar-refractivity contribution in [1.29, 1.82) is 0 Å². The minimum absolute atomic E-state index is 0.289. The zero-order valence-corrected chi connectivity index (χ0v) is 11.3. The molecule has 0 radical (unpaired) electrons. The van der Waals surface area contributed by atoms with Crippen molar-refractivity contribution in [2.75, 3.05) is 18.1 Å². The number of rotatable bonds is 10. The van der Waals surface area contributed by atoms with Crippen molar-refractivity contribution in [2.45, 2.75) is 25.7 Å². The van der Waals surface area contributed by atoms with Crippen molar-refractivity contribution in [3.05, 3.63) is 30.3 Å². The summed E-state index contributed by atoms with van der Waals surface area (Å²) in [7, 11) is 0. The largest absolute Gasteiger partial charge is 0.494 e. The van der Waals surface area contributed by atoms with Crippen LogP contribution in [0.25, 0.3) is 0 Å². The number of ether oxygens (including phenoxy) is 1. The fraction of sp³-hybridized carbons (Fsp3) is 0.500. The van der Waals surface area contributed by atoms with Crippen molar-refractivity contribution in [3.8, 4) is 5.75 Å². The van der Waals surface area contributed by atoms with Gasteiger partial charge >= 0.3 is 5.97 Å². The molecule has 1 rings (SSSR count). The molecule has 18 heavy (non-hydrogen) atoms. The zero-order valence-electron chi connectivity index (χ0n) is 10.5. The number of unbranched alkanes of at least 4 members (excludes halogenated alkanes) is 1. The molecule has 0 amide bonds. The van der Waals surface area contributed by atoms with Gasteiger partial charge in [0.15, 0.2) is 0 Å². The molecular weight excluding hydrogens is 248 g/mol. The summed E-state index contributed by atoms with van der Waals surface area (Å²) in [6.07, 6.45) is 3.08. The Morgan fingerprint density at radius 2 is 1.83 bits per heavy atom. The maximum atomic E-state index is 10.3. The second-order valence-corrected chi connectivity index (χ2v) is 5.20. The minimum Gasteiger partial charge on any atom is -0.494 e. The van der Waals surface area contributed by atoms with E-state index in [1.54, 1.807) is 0 Å². The van der Waals surface area contributed by atoms with Crippen LogP contribution >= 0.6 is 11.8 Å². The van der Waals surface area contributed by atoms with Gasteiger partial charge in [0, 0.05) is 6.42 Å². The summed E-state index contributed by atoms with van der Waals surface area (Å²) in [5.74, 6) is 2.33. The molecule has 0 aliphatic heterocycles. The molecule has 0 aliphatic carbocycles. The van der Waals surface area contributed by atoms with Gasteiger partial charge in [-0.15, -0.1) is 0 Å². The van der Waals surface area contributed by atoms with Gasteiger partial charge in [0.1, 0.15) is 5.75 Å².